The lowest BCUT2D eigenvalue weighted by molar-refractivity contribution is -0.325. The predicted molar refractivity (Wildman–Crippen MR) is 86.4 cm³/mol. The maximum Gasteiger partial charge on any atom is 0.183 e. The summed E-state index contributed by atoms with van der Waals surface area (Å²) in [5.41, 5.74) is 0. The Morgan fingerprint density at radius 3 is 2.52 bits per heavy atom. The number of hydrogen-bond acceptors (Lipinski definition) is 4. The zero-order valence-corrected chi connectivity index (χ0v) is 14.3. The molecule has 4 fully saturated rings. The van der Waals surface area contributed by atoms with Crippen LogP contribution in [0.2, 0.25) is 0 Å². The fourth-order valence-electron chi connectivity index (χ4n) is 6.10. The van der Waals surface area contributed by atoms with Crippen molar-refractivity contribution < 1.29 is 19.7 Å². The summed E-state index contributed by atoms with van der Waals surface area (Å²) in [6.45, 7) is 2.79. The van der Waals surface area contributed by atoms with Crippen molar-refractivity contribution >= 4 is 0 Å². The molecule has 1 saturated heterocycles. The smallest absolute Gasteiger partial charge is 0.183 e. The van der Waals surface area contributed by atoms with E-state index in [1.165, 1.54) is 51.4 Å². The summed E-state index contributed by atoms with van der Waals surface area (Å²) in [6, 6.07) is 0. The van der Waals surface area contributed by atoms with E-state index in [0.717, 1.165) is 17.8 Å². The second-order valence-corrected chi connectivity index (χ2v) is 8.65. The van der Waals surface area contributed by atoms with Gasteiger partial charge in [0.15, 0.2) is 12.6 Å². The normalized spacial score (nSPS) is 51.3. The summed E-state index contributed by atoms with van der Waals surface area (Å²) in [5.74, 6) is 3.87. The van der Waals surface area contributed by atoms with Crippen molar-refractivity contribution in [3.63, 3.8) is 0 Å². The molecule has 0 aromatic carbocycles. The summed E-state index contributed by atoms with van der Waals surface area (Å²) in [5, 5.41) is 20.5. The van der Waals surface area contributed by atoms with E-state index in [0.29, 0.717) is 18.4 Å². The van der Waals surface area contributed by atoms with E-state index in [4.69, 9.17) is 9.47 Å². The van der Waals surface area contributed by atoms with E-state index in [1.807, 2.05) is 0 Å². The Balaban J connectivity index is 1.52. The molecule has 0 spiro atoms. The minimum absolute atomic E-state index is 0.263. The third kappa shape index (κ3) is 3.08. The van der Waals surface area contributed by atoms with Crippen molar-refractivity contribution in [1.29, 1.82) is 0 Å². The topological polar surface area (TPSA) is 58.9 Å². The Hall–Kier alpha value is -0.160. The second-order valence-electron chi connectivity index (χ2n) is 8.65. The highest BCUT2D eigenvalue weighted by Gasteiger charge is 2.50. The van der Waals surface area contributed by atoms with Crippen LogP contribution in [-0.4, -0.2) is 35.5 Å². The van der Waals surface area contributed by atoms with Crippen LogP contribution in [0, 0.1) is 35.5 Å². The van der Waals surface area contributed by atoms with Gasteiger partial charge in [-0.15, -0.1) is 0 Å². The molecule has 23 heavy (non-hydrogen) atoms. The van der Waals surface area contributed by atoms with Crippen LogP contribution in [0.1, 0.15) is 58.3 Å². The quantitative estimate of drug-likeness (QED) is 0.784. The molecule has 4 aliphatic rings. The fourth-order valence-corrected chi connectivity index (χ4v) is 6.10. The van der Waals surface area contributed by atoms with Crippen LogP contribution in [0.25, 0.3) is 0 Å². The summed E-state index contributed by atoms with van der Waals surface area (Å²) < 4.78 is 10.8. The molecule has 9 atom stereocenters. The van der Waals surface area contributed by atoms with Crippen LogP contribution in [0.15, 0.2) is 0 Å². The predicted octanol–water partition coefficient (Wildman–Crippen LogP) is 2.92. The lowest BCUT2D eigenvalue weighted by atomic mass is 9.53. The van der Waals surface area contributed by atoms with Crippen molar-refractivity contribution in [2.75, 3.05) is 6.61 Å². The monoisotopic (exact) mass is 324 g/mol. The largest absolute Gasteiger partial charge is 0.368 e. The minimum Gasteiger partial charge on any atom is -0.368 e. The number of hydrogen-bond donors (Lipinski definition) is 2. The van der Waals surface area contributed by atoms with Crippen molar-refractivity contribution in [3.05, 3.63) is 0 Å². The third-order valence-electron chi connectivity index (χ3n) is 7.26. The molecular formula is C19H32O4. The first-order valence-electron chi connectivity index (χ1n) is 9.76. The van der Waals surface area contributed by atoms with Crippen LogP contribution in [0.5, 0.6) is 0 Å². The number of aliphatic hydroxyl groups excluding tert-OH is 2. The highest BCUT2D eigenvalue weighted by molar-refractivity contribution is 4.97. The van der Waals surface area contributed by atoms with Gasteiger partial charge in [-0.2, -0.15) is 0 Å². The Labute approximate surface area is 139 Å². The highest BCUT2D eigenvalue weighted by atomic mass is 16.7. The molecule has 0 radical (unpaired) electrons. The summed E-state index contributed by atoms with van der Waals surface area (Å²) in [7, 11) is 0. The zero-order valence-electron chi connectivity index (χ0n) is 14.3. The Morgan fingerprint density at radius 1 is 1.00 bits per heavy atom. The van der Waals surface area contributed by atoms with E-state index in [1.54, 1.807) is 0 Å². The van der Waals surface area contributed by atoms with Gasteiger partial charge in [-0.25, -0.2) is 0 Å². The molecule has 9 unspecified atom stereocenters. The first kappa shape index (κ1) is 16.3. The fraction of sp³-hybridized carbons (Fsp3) is 1.00. The maximum absolute atomic E-state index is 10.9. The van der Waals surface area contributed by atoms with Gasteiger partial charge >= 0.3 is 0 Å². The van der Waals surface area contributed by atoms with Gasteiger partial charge in [-0.1, -0.05) is 32.6 Å². The third-order valence-corrected chi connectivity index (χ3v) is 7.26. The molecule has 0 aromatic heterocycles. The summed E-state index contributed by atoms with van der Waals surface area (Å²) >= 11 is 0. The molecule has 4 nitrogen and oxygen atoms in total. The van der Waals surface area contributed by atoms with Crippen LogP contribution in [-0.2, 0) is 9.47 Å². The SMILES string of the molecule is CC1CCC2C(C1)CC1CCCCC1C2C(O)OC1COC1O. The van der Waals surface area contributed by atoms with E-state index in [2.05, 4.69) is 6.92 Å². The van der Waals surface area contributed by atoms with E-state index in [9.17, 15) is 10.2 Å². The van der Waals surface area contributed by atoms with Gasteiger partial charge in [-0.05, 0) is 55.3 Å². The van der Waals surface area contributed by atoms with E-state index < -0.39 is 12.6 Å². The van der Waals surface area contributed by atoms with Crippen molar-refractivity contribution in [3.8, 4) is 0 Å². The van der Waals surface area contributed by atoms with Crippen molar-refractivity contribution in [2.24, 2.45) is 35.5 Å². The van der Waals surface area contributed by atoms with Gasteiger partial charge in [-0.3, -0.25) is 0 Å². The molecule has 0 amide bonds. The zero-order chi connectivity index (χ0) is 16.0. The molecule has 2 N–H and O–H groups in total. The van der Waals surface area contributed by atoms with E-state index >= 15 is 0 Å². The molecule has 0 bridgehead atoms. The van der Waals surface area contributed by atoms with Crippen LogP contribution in [0.3, 0.4) is 0 Å². The van der Waals surface area contributed by atoms with Gasteiger partial charge in [0.2, 0.25) is 0 Å². The minimum atomic E-state index is -0.849. The van der Waals surface area contributed by atoms with Gasteiger partial charge in [0, 0.05) is 5.92 Å². The first-order valence-corrected chi connectivity index (χ1v) is 9.76. The Kier molecular flexibility index (Phi) is 4.70. The molecule has 3 saturated carbocycles. The van der Waals surface area contributed by atoms with Crippen molar-refractivity contribution in [2.45, 2.75) is 77.0 Å². The molecule has 1 aliphatic heterocycles. The molecular weight excluding hydrogens is 292 g/mol. The summed E-state index contributed by atoms with van der Waals surface area (Å²) in [4.78, 5) is 0. The van der Waals surface area contributed by atoms with Crippen LogP contribution < -0.4 is 0 Å². The lowest BCUT2D eigenvalue weighted by Crippen LogP contribution is -2.54. The standard InChI is InChI=1S/C19H32O4/c1-11-6-7-15-13(8-11)9-12-4-2-3-5-14(12)17(15)19(21)23-16-10-22-18(16)20/h11-21H,2-10H2,1H3. The number of ether oxygens (including phenoxy) is 2. The first-order chi connectivity index (χ1) is 11.1. The molecule has 1 heterocycles. The lowest BCUT2D eigenvalue weighted by Gasteiger charge is -2.54. The van der Waals surface area contributed by atoms with Crippen LogP contribution in [0.4, 0.5) is 0 Å². The summed E-state index contributed by atoms with van der Waals surface area (Å²) in [6.07, 6.45) is 8.54. The number of rotatable bonds is 3. The molecule has 132 valence electrons. The number of fused-ring (bicyclic) bond motifs is 2. The average molecular weight is 324 g/mol. The van der Waals surface area contributed by atoms with Gasteiger partial charge in [0.1, 0.15) is 6.10 Å². The molecule has 0 aromatic rings. The molecule has 4 rings (SSSR count). The number of aliphatic hydroxyl groups is 2. The highest BCUT2D eigenvalue weighted by Crippen LogP contribution is 2.55. The maximum atomic E-state index is 10.9. The van der Waals surface area contributed by atoms with Crippen LogP contribution >= 0.6 is 0 Å². The molecule has 3 aliphatic carbocycles. The average Bonchev–Trinajstić information content (AvgIpc) is 2.55. The van der Waals surface area contributed by atoms with Gasteiger partial charge in [0.25, 0.3) is 0 Å². The second kappa shape index (κ2) is 6.62. The van der Waals surface area contributed by atoms with Gasteiger partial charge < -0.3 is 19.7 Å². The molecule has 4 heteroatoms. The van der Waals surface area contributed by atoms with Gasteiger partial charge in [0.05, 0.1) is 6.61 Å². The Bertz CT molecular complexity index is 414. The Morgan fingerprint density at radius 2 is 1.78 bits per heavy atom. The van der Waals surface area contributed by atoms with Crippen molar-refractivity contribution in [1.82, 2.24) is 0 Å². The van der Waals surface area contributed by atoms with E-state index in [-0.39, 0.29) is 12.0 Å².